The summed E-state index contributed by atoms with van der Waals surface area (Å²) in [6.07, 6.45) is 5.35. The molecule has 35 heavy (non-hydrogen) atoms. The number of nitrogens with zero attached hydrogens (tertiary/aromatic N) is 1. The second-order valence-electron chi connectivity index (χ2n) is 10.4. The quantitative estimate of drug-likeness (QED) is 0.517. The van der Waals surface area contributed by atoms with Gasteiger partial charge in [0.05, 0.1) is 0 Å². The zero-order valence-corrected chi connectivity index (χ0v) is 21.5. The van der Waals surface area contributed by atoms with E-state index in [-0.39, 0.29) is 11.9 Å². The topological polar surface area (TPSA) is 70.7 Å². The largest absolute Gasteiger partial charge is 0.444 e. The van der Waals surface area contributed by atoms with Crippen molar-refractivity contribution in [1.82, 2.24) is 15.5 Å². The zero-order chi connectivity index (χ0) is 25.1. The lowest BCUT2D eigenvalue weighted by molar-refractivity contribution is -0.127. The van der Waals surface area contributed by atoms with Crippen LogP contribution in [0.2, 0.25) is 0 Å². The molecule has 1 unspecified atom stereocenters. The summed E-state index contributed by atoms with van der Waals surface area (Å²) in [5.41, 5.74) is 2.03. The minimum absolute atomic E-state index is 0.0670. The normalized spacial score (nSPS) is 16.2. The predicted molar refractivity (Wildman–Crippen MR) is 140 cm³/mol. The van der Waals surface area contributed by atoms with Crippen LogP contribution in [0.3, 0.4) is 0 Å². The number of piperazine rings is 1. The molecule has 190 valence electrons. The fourth-order valence-electron chi connectivity index (χ4n) is 4.46. The van der Waals surface area contributed by atoms with Crippen molar-refractivity contribution >= 4 is 12.0 Å². The third kappa shape index (κ3) is 9.36. The van der Waals surface area contributed by atoms with Gasteiger partial charge in [0.15, 0.2) is 0 Å². The average Bonchev–Trinajstić information content (AvgIpc) is 2.84. The number of aryl methyl sites for hydroxylation is 2. The first-order valence-corrected chi connectivity index (χ1v) is 12.9. The van der Waals surface area contributed by atoms with Gasteiger partial charge in [-0.3, -0.25) is 9.69 Å². The molecule has 2 N–H and O–H groups in total. The van der Waals surface area contributed by atoms with Gasteiger partial charge >= 0.3 is 6.09 Å². The molecular formula is C29H41N3O3. The Balaban J connectivity index is 1.60. The maximum absolute atomic E-state index is 13.4. The van der Waals surface area contributed by atoms with Crippen LogP contribution in [0.5, 0.6) is 0 Å². The first-order chi connectivity index (χ1) is 16.8. The van der Waals surface area contributed by atoms with E-state index in [0.717, 1.165) is 38.5 Å². The molecule has 0 aromatic heterocycles. The molecule has 0 bridgehead atoms. The Morgan fingerprint density at radius 3 is 2.03 bits per heavy atom. The maximum atomic E-state index is 13.4. The van der Waals surface area contributed by atoms with E-state index < -0.39 is 17.7 Å². The Hall–Kier alpha value is -2.86. The van der Waals surface area contributed by atoms with Crippen LogP contribution in [0.25, 0.3) is 0 Å². The van der Waals surface area contributed by atoms with Crippen LogP contribution in [0.1, 0.15) is 57.6 Å². The van der Waals surface area contributed by atoms with E-state index in [4.69, 9.17) is 4.74 Å². The van der Waals surface area contributed by atoms with Crippen LogP contribution >= 0.6 is 0 Å². The number of ether oxygens (including phenoxy) is 1. The Labute approximate surface area is 210 Å². The van der Waals surface area contributed by atoms with Crippen molar-refractivity contribution in [3.8, 4) is 0 Å². The zero-order valence-electron chi connectivity index (χ0n) is 21.5. The van der Waals surface area contributed by atoms with E-state index in [1.165, 1.54) is 11.1 Å². The van der Waals surface area contributed by atoms with Gasteiger partial charge in [-0.05, 0) is 70.4 Å². The molecule has 2 aromatic carbocycles. The van der Waals surface area contributed by atoms with Gasteiger partial charge in [-0.15, -0.1) is 0 Å². The highest BCUT2D eigenvalue weighted by molar-refractivity contribution is 5.86. The van der Waals surface area contributed by atoms with Gasteiger partial charge in [0.1, 0.15) is 11.6 Å². The first-order valence-electron chi connectivity index (χ1n) is 12.9. The summed E-state index contributed by atoms with van der Waals surface area (Å²) < 4.78 is 5.57. The maximum Gasteiger partial charge on any atom is 0.411 e. The van der Waals surface area contributed by atoms with Crippen LogP contribution in [0.15, 0.2) is 60.7 Å². The number of nitrogens with one attached hydrogen (secondary N) is 2. The highest BCUT2D eigenvalue weighted by Crippen LogP contribution is 2.16. The van der Waals surface area contributed by atoms with Gasteiger partial charge < -0.3 is 15.4 Å². The molecular weight excluding hydrogens is 438 g/mol. The lowest BCUT2D eigenvalue weighted by atomic mass is 9.98. The Bertz CT molecular complexity index is 866. The lowest BCUT2D eigenvalue weighted by Gasteiger charge is -2.37. The van der Waals surface area contributed by atoms with E-state index >= 15 is 0 Å². The van der Waals surface area contributed by atoms with Crippen molar-refractivity contribution in [2.75, 3.05) is 19.6 Å². The molecule has 1 saturated heterocycles. The summed E-state index contributed by atoms with van der Waals surface area (Å²) in [5.74, 6) is -0.104. The van der Waals surface area contributed by atoms with E-state index in [1.54, 1.807) is 4.90 Å². The molecule has 1 aliphatic rings. The minimum Gasteiger partial charge on any atom is -0.444 e. The molecule has 1 heterocycles. The second kappa shape index (κ2) is 13.3. The number of rotatable bonds is 10. The van der Waals surface area contributed by atoms with Gasteiger partial charge in [0, 0.05) is 25.7 Å². The molecule has 0 saturated carbocycles. The SMILES string of the molecule is CC(C)(C)OC(=O)N1CCNCC1C(=O)NC(CCCc1ccccc1)CCCc1ccccc1. The van der Waals surface area contributed by atoms with Crippen molar-refractivity contribution in [1.29, 1.82) is 0 Å². The molecule has 0 aliphatic carbocycles. The number of carbonyl (C=O) groups is 2. The van der Waals surface area contributed by atoms with Gasteiger partial charge in [0.25, 0.3) is 0 Å². The molecule has 1 aliphatic heterocycles. The Morgan fingerprint density at radius 1 is 0.971 bits per heavy atom. The smallest absolute Gasteiger partial charge is 0.411 e. The van der Waals surface area contributed by atoms with Crippen LogP contribution in [0, 0.1) is 0 Å². The van der Waals surface area contributed by atoms with Crippen LogP contribution < -0.4 is 10.6 Å². The Kier molecular flexibility index (Phi) is 10.2. The van der Waals surface area contributed by atoms with Crippen LogP contribution in [-0.4, -0.2) is 54.2 Å². The monoisotopic (exact) mass is 479 g/mol. The predicted octanol–water partition coefficient (Wildman–Crippen LogP) is 4.73. The number of hydrogen-bond acceptors (Lipinski definition) is 4. The number of amides is 2. The standard InChI is InChI=1S/C29H41N3O3/c1-29(2,3)35-28(34)32-21-20-30-22-26(32)27(33)31-25(18-10-16-23-12-6-4-7-13-23)19-11-17-24-14-8-5-9-15-24/h4-9,12-15,25-26,30H,10-11,16-22H2,1-3H3,(H,31,33). The fraction of sp³-hybridized carbons (Fsp3) is 0.517. The molecule has 6 heteroatoms. The molecule has 0 radical (unpaired) electrons. The van der Waals surface area contributed by atoms with Gasteiger partial charge in [-0.25, -0.2) is 4.79 Å². The van der Waals surface area contributed by atoms with Crippen molar-refractivity contribution in [3.63, 3.8) is 0 Å². The van der Waals surface area contributed by atoms with E-state index in [1.807, 2.05) is 32.9 Å². The molecule has 6 nitrogen and oxygen atoms in total. The van der Waals surface area contributed by atoms with E-state index in [0.29, 0.717) is 19.6 Å². The van der Waals surface area contributed by atoms with Crippen molar-refractivity contribution in [3.05, 3.63) is 71.8 Å². The number of carbonyl (C=O) groups excluding carboxylic acids is 2. The summed E-state index contributed by atoms with van der Waals surface area (Å²) in [6.45, 7) is 7.08. The summed E-state index contributed by atoms with van der Waals surface area (Å²) in [6, 6.07) is 20.4. The highest BCUT2D eigenvalue weighted by atomic mass is 16.6. The molecule has 3 rings (SSSR count). The third-order valence-electron chi connectivity index (χ3n) is 6.24. The second-order valence-corrected chi connectivity index (χ2v) is 10.4. The van der Waals surface area contributed by atoms with Gasteiger partial charge in [0.2, 0.25) is 5.91 Å². The van der Waals surface area contributed by atoms with E-state index in [2.05, 4.69) is 59.2 Å². The van der Waals surface area contributed by atoms with Crippen LogP contribution in [-0.2, 0) is 22.4 Å². The highest BCUT2D eigenvalue weighted by Gasteiger charge is 2.35. The van der Waals surface area contributed by atoms with Crippen molar-refractivity contribution in [2.45, 2.75) is 77.0 Å². The number of hydrogen-bond donors (Lipinski definition) is 2. The lowest BCUT2D eigenvalue weighted by Crippen LogP contribution is -2.61. The summed E-state index contributed by atoms with van der Waals surface area (Å²) in [7, 11) is 0. The third-order valence-corrected chi connectivity index (χ3v) is 6.24. The fourth-order valence-corrected chi connectivity index (χ4v) is 4.46. The molecule has 2 amide bonds. The first kappa shape index (κ1) is 26.7. The minimum atomic E-state index is -0.597. The van der Waals surface area contributed by atoms with Crippen molar-refractivity contribution < 1.29 is 14.3 Å². The van der Waals surface area contributed by atoms with Gasteiger partial charge in [-0.2, -0.15) is 0 Å². The summed E-state index contributed by atoms with van der Waals surface area (Å²) in [4.78, 5) is 27.7. The van der Waals surface area contributed by atoms with Crippen LogP contribution in [0.4, 0.5) is 4.79 Å². The van der Waals surface area contributed by atoms with E-state index in [9.17, 15) is 9.59 Å². The molecule has 0 spiro atoms. The average molecular weight is 480 g/mol. The molecule has 1 atom stereocenters. The summed E-state index contributed by atoms with van der Waals surface area (Å²) in [5, 5.41) is 6.53. The molecule has 1 fully saturated rings. The van der Waals surface area contributed by atoms with Crippen molar-refractivity contribution in [2.24, 2.45) is 0 Å². The number of benzene rings is 2. The Morgan fingerprint density at radius 2 is 1.51 bits per heavy atom. The molecule has 2 aromatic rings. The van der Waals surface area contributed by atoms with Gasteiger partial charge in [-0.1, -0.05) is 60.7 Å². The summed E-state index contributed by atoms with van der Waals surface area (Å²) >= 11 is 0.